The van der Waals surface area contributed by atoms with Gasteiger partial charge >= 0.3 is 0 Å². The van der Waals surface area contributed by atoms with E-state index < -0.39 is 0 Å². The largest absolute Gasteiger partial charge is 0.383 e. The van der Waals surface area contributed by atoms with Gasteiger partial charge in [-0.25, -0.2) is 0 Å². The number of hydrogen-bond donors (Lipinski definition) is 1. The van der Waals surface area contributed by atoms with E-state index in [1.807, 2.05) is 49.1 Å². The SMILES string of the molecule is COCCN(CC(=O)Nc1c(C)cccc1C)Cc1ccc(C#N)cc1. The standard InChI is InChI=1S/C21H25N3O2/c1-16-5-4-6-17(2)21(16)23-20(25)15-24(11-12-26-3)14-19-9-7-18(13-22)8-10-19/h4-10H,11-12,14-15H2,1-3H3,(H,23,25). The molecule has 0 atom stereocenters. The molecule has 26 heavy (non-hydrogen) atoms. The summed E-state index contributed by atoms with van der Waals surface area (Å²) in [5.74, 6) is -0.0489. The number of aryl methyl sites for hydroxylation is 2. The third-order valence-electron chi connectivity index (χ3n) is 4.21. The Hall–Kier alpha value is -2.68. The first kappa shape index (κ1) is 19.6. The zero-order valence-corrected chi connectivity index (χ0v) is 15.6. The molecule has 0 aromatic heterocycles. The smallest absolute Gasteiger partial charge is 0.238 e. The van der Waals surface area contributed by atoms with Crippen molar-refractivity contribution in [3.8, 4) is 6.07 Å². The summed E-state index contributed by atoms with van der Waals surface area (Å²) in [6, 6.07) is 15.5. The van der Waals surface area contributed by atoms with E-state index in [-0.39, 0.29) is 12.5 Å². The summed E-state index contributed by atoms with van der Waals surface area (Å²) in [7, 11) is 1.65. The van der Waals surface area contributed by atoms with Gasteiger partial charge in [-0.2, -0.15) is 5.26 Å². The maximum atomic E-state index is 12.5. The van der Waals surface area contributed by atoms with Crippen LogP contribution in [0.15, 0.2) is 42.5 Å². The molecule has 0 spiro atoms. The lowest BCUT2D eigenvalue weighted by atomic mass is 10.1. The number of carbonyl (C=O) groups excluding carboxylic acids is 1. The molecule has 136 valence electrons. The Morgan fingerprint density at radius 1 is 1.15 bits per heavy atom. The van der Waals surface area contributed by atoms with Crippen molar-refractivity contribution in [3.05, 3.63) is 64.7 Å². The molecular weight excluding hydrogens is 326 g/mol. The minimum absolute atomic E-state index is 0.0489. The second kappa shape index (κ2) is 9.71. The minimum atomic E-state index is -0.0489. The zero-order chi connectivity index (χ0) is 18.9. The number of amides is 1. The Morgan fingerprint density at radius 3 is 2.38 bits per heavy atom. The van der Waals surface area contributed by atoms with E-state index in [9.17, 15) is 4.79 Å². The van der Waals surface area contributed by atoms with Gasteiger partial charge in [-0.3, -0.25) is 9.69 Å². The molecular formula is C21H25N3O2. The van der Waals surface area contributed by atoms with Crippen molar-refractivity contribution < 1.29 is 9.53 Å². The van der Waals surface area contributed by atoms with Crippen LogP contribution in [0.2, 0.25) is 0 Å². The van der Waals surface area contributed by atoms with Crippen molar-refractivity contribution in [2.45, 2.75) is 20.4 Å². The number of carbonyl (C=O) groups is 1. The Bertz CT molecular complexity index is 759. The fourth-order valence-corrected chi connectivity index (χ4v) is 2.77. The molecule has 5 heteroatoms. The molecule has 2 rings (SSSR count). The minimum Gasteiger partial charge on any atom is -0.383 e. The van der Waals surface area contributed by atoms with Crippen LogP contribution in [0, 0.1) is 25.2 Å². The predicted molar refractivity (Wildman–Crippen MR) is 103 cm³/mol. The number of methoxy groups -OCH3 is 1. The first-order chi connectivity index (χ1) is 12.5. The number of rotatable bonds is 8. The molecule has 0 bridgehead atoms. The third-order valence-corrected chi connectivity index (χ3v) is 4.21. The van der Waals surface area contributed by atoms with Crippen LogP contribution in [-0.2, 0) is 16.1 Å². The zero-order valence-electron chi connectivity index (χ0n) is 15.6. The maximum Gasteiger partial charge on any atom is 0.238 e. The predicted octanol–water partition coefficient (Wildman–Crippen LogP) is 3.26. The molecule has 0 unspecified atom stereocenters. The summed E-state index contributed by atoms with van der Waals surface area (Å²) in [6.45, 7) is 6.07. The topological polar surface area (TPSA) is 65.4 Å². The van der Waals surface area contributed by atoms with Gasteiger partial charge in [0.2, 0.25) is 5.91 Å². The molecule has 0 heterocycles. The number of anilines is 1. The van der Waals surface area contributed by atoms with Crippen LogP contribution in [0.4, 0.5) is 5.69 Å². The van der Waals surface area contributed by atoms with Crippen LogP contribution in [-0.4, -0.2) is 37.6 Å². The second-order valence-electron chi connectivity index (χ2n) is 6.33. The van der Waals surface area contributed by atoms with Crippen molar-refractivity contribution >= 4 is 11.6 Å². The number of para-hydroxylation sites is 1. The summed E-state index contributed by atoms with van der Waals surface area (Å²) in [5, 5.41) is 11.9. The highest BCUT2D eigenvalue weighted by Gasteiger charge is 2.13. The summed E-state index contributed by atoms with van der Waals surface area (Å²) in [4.78, 5) is 14.6. The van der Waals surface area contributed by atoms with E-state index >= 15 is 0 Å². The molecule has 1 amide bonds. The molecule has 0 saturated heterocycles. The lowest BCUT2D eigenvalue weighted by Gasteiger charge is -2.22. The highest BCUT2D eigenvalue weighted by atomic mass is 16.5. The van der Waals surface area contributed by atoms with E-state index in [1.165, 1.54) is 0 Å². The number of nitrogens with one attached hydrogen (secondary N) is 1. The van der Waals surface area contributed by atoms with Crippen LogP contribution >= 0.6 is 0 Å². The Morgan fingerprint density at radius 2 is 1.81 bits per heavy atom. The van der Waals surface area contributed by atoms with Crippen molar-refractivity contribution in [2.75, 3.05) is 32.1 Å². The Kier molecular flexibility index (Phi) is 7.34. The lowest BCUT2D eigenvalue weighted by Crippen LogP contribution is -2.35. The van der Waals surface area contributed by atoms with Gasteiger partial charge in [0.1, 0.15) is 0 Å². The molecule has 0 aliphatic carbocycles. The van der Waals surface area contributed by atoms with E-state index in [4.69, 9.17) is 10.00 Å². The first-order valence-electron chi connectivity index (χ1n) is 8.60. The van der Waals surface area contributed by atoms with Gasteiger partial charge in [0, 0.05) is 25.9 Å². The van der Waals surface area contributed by atoms with Crippen molar-refractivity contribution in [1.82, 2.24) is 4.90 Å². The molecule has 1 N–H and O–H groups in total. The first-order valence-corrected chi connectivity index (χ1v) is 8.60. The fraction of sp³-hybridized carbons (Fsp3) is 0.333. The van der Waals surface area contributed by atoms with Crippen molar-refractivity contribution in [3.63, 3.8) is 0 Å². The van der Waals surface area contributed by atoms with Crippen LogP contribution in [0.1, 0.15) is 22.3 Å². The van der Waals surface area contributed by atoms with Gasteiger partial charge < -0.3 is 10.1 Å². The Labute approximate surface area is 155 Å². The van der Waals surface area contributed by atoms with Gasteiger partial charge in [0.25, 0.3) is 0 Å². The molecule has 0 aliphatic heterocycles. The third kappa shape index (κ3) is 5.69. The molecule has 5 nitrogen and oxygen atoms in total. The number of ether oxygens (including phenoxy) is 1. The van der Waals surface area contributed by atoms with E-state index in [0.717, 1.165) is 22.4 Å². The van der Waals surface area contributed by atoms with E-state index in [1.54, 1.807) is 19.2 Å². The van der Waals surface area contributed by atoms with Gasteiger partial charge in [-0.05, 0) is 42.7 Å². The molecule has 0 saturated carbocycles. The number of nitriles is 1. The number of hydrogen-bond acceptors (Lipinski definition) is 4. The average molecular weight is 351 g/mol. The quantitative estimate of drug-likeness (QED) is 0.793. The highest BCUT2D eigenvalue weighted by molar-refractivity contribution is 5.93. The summed E-state index contributed by atoms with van der Waals surface area (Å²) >= 11 is 0. The van der Waals surface area contributed by atoms with Gasteiger partial charge in [0.15, 0.2) is 0 Å². The second-order valence-corrected chi connectivity index (χ2v) is 6.33. The lowest BCUT2D eigenvalue weighted by molar-refractivity contribution is -0.117. The molecule has 0 aliphatic rings. The maximum absolute atomic E-state index is 12.5. The summed E-state index contributed by atoms with van der Waals surface area (Å²) < 4.78 is 5.17. The normalized spacial score (nSPS) is 10.6. The van der Waals surface area contributed by atoms with Gasteiger partial charge in [-0.15, -0.1) is 0 Å². The van der Waals surface area contributed by atoms with E-state index in [2.05, 4.69) is 11.4 Å². The highest BCUT2D eigenvalue weighted by Crippen LogP contribution is 2.19. The van der Waals surface area contributed by atoms with Gasteiger partial charge in [0.05, 0.1) is 24.8 Å². The van der Waals surface area contributed by atoms with Crippen LogP contribution in [0.3, 0.4) is 0 Å². The van der Waals surface area contributed by atoms with Crippen LogP contribution in [0.25, 0.3) is 0 Å². The van der Waals surface area contributed by atoms with Crippen molar-refractivity contribution in [1.29, 1.82) is 5.26 Å². The average Bonchev–Trinajstić information content (AvgIpc) is 2.63. The number of benzene rings is 2. The van der Waals surface area contributed by atoms with Crippen molar-refractivity contribution in [2.24, 2.45) is 0 Å². The summed E-state index contributed by atoms with van der Waals surface area (Å²) in [5.41, 5.74) is 4.66. The Balaban J connectivity index is 2.04. The van der Waals surface area contributed by atoms with Gasteiger partial charge in [-0.1, -0.05) is 30.3 Å². The van der Waals surface area contributed by atoms with E-state index in [0.29, 0.717) is 25.3 Å². The summed E-state index contributed by atoms with van der Waals surface area (Å²) in [6.07, 6.45) is 0. The number of nitrogens with zero attached hydrogens (tertiary/aromatic N) is 2. The fourth-order valence-electron chi connectivity index (χ4n) is 2.77. The monoisotopic (exact) mass is 351 g/mol. The molecule has 0 fully saturated rings. The molecule has 2 aromatic rings. The molecule has 0 radical (unpaired) electrons. The molecule has 2 aromatic carbocycles. The van der Waals surface area contributed by atoms with Crippen LogP contribution in [0.5, 0.6) is 0 Å². The van der Waals surface area contributed by atoms with Crippen LogP contribution < -0.4 is 5.32 Å².